The minimum Gasteiger partial charge on any atom is -0.480 e. The van der Waals surface area contributed by atoms with Crippen molar-refractivity contribution in [1.29, 1.82) is 0 Å². The van der Waals surface area contributed by atoms with Crippen LogP contribution in [0, 0.1) is 6.92 Å². The van der Waals surface area contributed by atoms with Gasteiger partial charge in [-0.15, -0.1) is 0 Å². The van der Waals surface area contributed by atoms with Crippen LogP contribution in [0.15, 0.2) is 47.5 Å². The molecular formula is C19H15ClN4O3S. The number of carbonyl (C=O) groups is 1. The number of hydrogen-bond acceptors (Lipinski definition) is 5. The largest absolute Gasteiger partial charge is 0.480 e. The van der Waals surface area contributed by atoms with E-state index in [9.17, 15) is 14.7 Å². The lowest BCUT2D eigenvalue weighted by atomic mass is 10.1. The average molecular weight is 415 g/mol. The molecule has 9 heteroatoms. The fourth-order valence-electron chi connectivity index (χ4n) is 3.28. The number of pyridine rings is 1. The first-order valence-corrected chi connectivity index (χ1v) is 9.42. The molecular weight excluding hydrogens is 400 g/mol. The second kappa shape index (κ2) is 6.96. The zero-order valence-corrected chi connectivity index (χ0v) is 16.4. The van der Waals surface area contributed by atoms with Crippen molar-refractivity contribution in [3.8, 4) is 11.1 Å². The van der Waals surface area contributed by atoms with Crippen molar-refractivity contribution in [2.24, 2.45) is 0 Å². The van der Waals surface area contributed by atoms with Gasteiger partial charge < -0.3 is 5.11 Å². The molecule has 3 aromatic heterocycles. The number of hydrogen-bond donors (Lipinski definition) is 2. The van der Waals surface area contributed by atoms with Gasteiger partial charge in [-0.2, -0.15) is 17.7 Å². The highest BCUT2D eigenvalue weighted by molar-refractivity contribution is 7.80. The van der Waals surface area contributed by atoms with Crippen molar-refractivity contribution in [3.05, 3.63) is 63.8 Å². The first-order chi connectivity index (χ1) is 13.4. The fourth-order valence-corrected chi connectivity index (χ4v) is 3.73. The SMILES string of the molecule is Cc1nn2c(ncc3c(=O)n(C(CS)C(=O)O)ccc32)c1-c1ccc(Cl)cc1. The highest BCUT2D eigenvalue weighted by atomic mass is 35.5. The summed E-state index contributed by atoms with van der Waals surface area (Å²) in [6.45, 7) is 1.87. The van der Waals surface area contributed by atoms with Gasteiger partial charge in [-0.05, 0) is 30.7 Å². The number of fused-ring (bicyclic) bond motifs is 3. The van der Waals surface area contributed by atoms with Crippen molar-refractivity contribution < 1.29 is 9.90 Å². The van der Waals surface area contributed by atoms with Gasteiger partial charge in [0.1, 0.15) is 6.04 Å². The second-order valence-electron chi connectivity index (χ2n) is 6.32. The Hall–Kier alpha value is -2.84. The lowest BCUT2D eigenvalue weighted by Crippen LogP contribution is -2.31. The summed E-state index contributed by atoms with van der Waals surface area (Å²) in [7, 11) is 0. The number of carboxylic acids is 1. The van der Waals surface area contributed by atoms with Gasteiger partial charge in [0, 0.05) is 28.7 Å². The van der Waals surface area contributed by atoms with E-state index in [1.54, 1.807) is 22.7 Å². The Morgan fingerprint density at radius 2 is 2.00 bits per heavy atom. The van der Waals surface area contributed by atoms with Crippen LogP contribution in [-0.2, 0) is 4.79 Å². The molecule has 1 unspecified atom stereocenters. The molecule has 28 heavy (non-hydrogen) atoms. The molecule has 0 bridgehead atoms. The van der Waals surface area contributed by atoms with Crippen molar-refractivity contribution in [2.75, 3.05) is 5.75 Å². The third-order valence-electron chi connectivity index (χ3n) is 4.64. The van der Waals surface area contributed by atoms with E-state index in [0.29, 0.717) is 16.2 Å². The van der Waals surface area contributed by atoms with Crippen molar-refractivity contribution >= 4 is 46.7 Å². The van der Waals surface area contributed by atoms with Gasteiger partial charge in [0.15, 0.2) is 5.65 Å². The molecule has 0 saturated carbocycles. The Kier molecular flexibility index (Phi) is 4.60. The first kappa shape index (κ1) is 18.5. The summed E-state index contributed by atoms with van der Waals surface area (Å²) in [5.74, 6) is -1.12. The summed E-state index contributed by atoms with van der Waals surface area (Å²) < 4.78 is 2.76. The van der Waals surface area contributed by atoms with E-state index in [1.807, 2.05) is 19.1 Å². The van der Waals surface area contributed by atoms with Gasteiger partial charge in [-0.25, -0.2) is 14.3 Å². The first-order valence-electron chi connectivity index (χ1n) is 8.41. The summed E-state index contributed by atoms with van der Waals surface area (Å²) in [6.07, 6.45) is 2.92. The number of thiol groups is 1. The minimum atomic E-state index is -1.12. The third-order valence-corrected chi connectivity index (χ3v) is 5.24. The molecule has 0 amide bonds. The summed E-state index contributed by atoms with van der Waals surface area (Å²) in [4.78, 5) is 28.7. The van der Waals surface area contributed by atoms with Crippen LogP contribution in [0.3, 0.4) is 0 Å². The maximum atomic E-state index is 12.8. The summed E-state index contributed by atoms with van der Waals surface area (Å²) >= 11 is 10.0. The van der Waals surface area contributed by atoms with E-state index in [2.05, 4.69) is 22.7 Å². The van der Waals surface area contributed by atoms with Crippen LogP contribution in [-0.4, -0.2) is 36.0 Å². The van der Waals surface area contributed by atoms with Crippen LogP contribution in [0.2, 0.25) is 5.02 Å². The molecule has 0 spiro atoms. The minimum absolute atomic E-state index is 0.00197. The number of aromatic nitrogens is 4. The Balaban J connectivity index is 1.98. The van der Waals surface area contributed by atoms with Crippen molar-refractivity contribution in [2.45, 2.75) is 13.0 Å². The standard InChI is InChI=1S/C19H15ClN4O3S/c1-10-16(11-2-4-12(20)5-3-11)17-21-8-13-14(24(17)22-10)6-7-23(18(13)25)15(9-28)19(26)27/h2-8,15,28H,9H2,1H3,(H,26,27). The van der Waals surface area contributed by atoms with Crippen LogP contribution in [0.5, 0.6) is 0 Å². The molecule has 4 rings (SSSR count). The summed E-state index contributed by atoms with van der Waals surface area (Å²) in [6, 6.07) is 7.98. The van der Waals surface area contributed by atoms with Crippen LogP contribution in [0.1, 0.15) is 11.7 Å². The molecule has 1 aromatic carbocycles. The number of rotatable bonds is 4. The van der Waals surface area contributed by atoms with Crippen LogP contribution >= 0.6 is 24.2 Å². The van der Waals surface area contributed by atoms with Crippen LogP contribution in [0.25, 0.3) is 27.7 Å². The van der Waals surface area contributed by atoms with Gasteiger partial charge >= 0.3 is 5.97 Å². The molecule has 4 aromatic rings. The van der Waals surface area contributed by atoms with E-state index in [1.165, 1.54) is 12.4 Å². The number of benzene rings is 1. The molecule has 0 aliphatic carbocycles. The molecule has 0 aliphatic heterocycles. The number of nitrogens with zero attached hydrogens (tertiary/aromatic N) is 4. The smallest absolute Gasteiger partial charge is 0.327 e. The maximum absolute atomic E-state index is 12.8. The number of carboxylic acid groups (broad SMARTS) is 1. The van der Waals surface area contributed by atoms with Gasteiger partial charge in [-0.3, -0.25) is 9.36 Å². The van der Waals surface area contributed by atoms with E-state index in [4.69, 9.17) is 11.6 Å². The monoisotopic (exact) mass is 414 g/mol. The van der Waals surface area contributed by atoms with Gasteiger partial charge in [-0.1, -0.05) is 23.7 Å². The molecule has 3 heterocycles. The number of aryl methyl sites for hydroxylation is 1. The molecule has 0 radical (unpaired) electrons. The third kappa shape index (κ3) is 2.85. The number of aliphatic carboxylic acids is 1. The van der Waals surface area contributed by atoms with Crippen LogP contribution < -0.4 is 5.56 Å². The van der Waals surface area contributed by atoms with Gasteiger partial charge in [0.2, 0.25) is 0 Å². The van der Waals surface area contributed by atoms with Gasteiger partial charge in [0.05, 0.1) is 16.6 Å². The quantitative estimate of drug-likeness (QED) is 0.500. The Morgan fingerprint density at radius 3 is 2.64 bits per heavy atom. The molecule has 0 aliphatic rings. The van der Waals surface area contributed by atoms with Crippen LogP contribution in [0.4, 0.5) is 0 Å². The lowest BCUT2D eigenvalue weighted by Gasteiger charge is -2.14. The van der Waals surface area contributed by atoms with E-state index < -0.39 is 17.6 Å². The van der Waals surface area contributed by atoms with Crippen molar-refractivity contribution in [3.63, 3.8) is 0 Å². The zero-order chi connectivity index (χ0) is 20.0. The molecule has 7 nitrogen and oxygen atoms in total. The Morgan fingerprint density at radius 1 is 1.29 bits per heavy atom. The zero-order valence-electron chi connectivity index (χ0n) is 14.7. The molecule has 0 fully saturated rings. The highest BCUT2D eigenvalue weighted by Crippen LogP contribution is 2.29. The molecule has 142 valence electrons. The average Bonchev–Trinajstić information content (AvgIpc) is 3.01. The fraction of sp³-hybridized carbons (Fsp3) is 0.158. The molecule has 1 atom stereocenters. The topological polar surface area (TPSA) is 89.5 Å². The van der Waals surface area contributed by atoms with E-state index in [0.717, 1.165) is 21.4 Å². The van der Waals surface area contributed by atoms with Crippen molar-refractivity contribution in [1.82, 2.24) is 19.2 Å². The maximum Gasteiger partial charge on any atom is 0.327 e. The highest BCUT2D eigenvalue weighted by Gasteiger charge is 2.21. The lowest BCUT2D eigenvalue weighted by molar-refractivity contribution is -0.140. The summed E-state index contributed by atoms with van der Waals surface area (Å²) in [5, 5.41) is 14.8. The molecule has 0 saturated heterocycles. The summed E-state index contributed by atoms with van der Waals surface area (Å²) in [5.41, 5.74) is 3.23. The van der Waals surface area contributed by atoms with Gasteiger partial charge in [0.25, 0.3) is 5.56 Å². The normalized spacial score (nSPS) is 12.5. The van der Waals surface area contributed by atoms with E-state index >= 15 is 0 Å². The Bertz CT molecular complexity index is 1280. The Labute approximate surface area is 169 Å². The predicted molar refractivity (Wildman–Crippen MR) is 110 cm³/mol. The second-order valence-corrected chi connectivity index (χ2v) is 7.13. The predicted octanol–water partition coefficient (Wildman–Crippen LogP) is 3.23. The molecule has 1 N–H and O–H groups in total. The van der Waals surface area contributed by atoms with E-state index in [-0.39, 0.29) is 11.1 Å². The number of halogens is 1.